The highest BCUT2D eigenvalue weighted by molar-refractivity contribution is 7.80. The van der Waals surface area contributed by atoms with Crippen molar-refractivity contribution in [2.45, 2.75) is 5.92 Å². The topological polar surface area (TPSA) is 51.4 Å². The van der Waals surface area contributed by atoms with Gasteiger partial charge in [-0.2, -0.15) is 0 Å². The molecule has 1 fully saturated rings. The fourth-order valence-electron chi connectivity index (χ4n) is 1.95. The van der Waals surface area contributed by atoms with E-state index in [1.54, 1.807) is 6.20 Å². The lowest BCUT2D eigenvalue weighted by atomic mass is 10.0. The fraction of sp³-hybridized carbons (Fsp3) is 0.500. The van der Waals surface area contributed by atoms with Crippen molar-refractivity contribution in [3.05, 3.63) is 30.1 Å². The number of rotatable bonds is 4. The van der Waals surface area contributed by atoms with Gasteiger partial charge in [-0.05, 0) is 12.1 Å². The van der Waals surface area contributed by atoms with Crippen molar-refractivity contribution in [2.24, 2.45) is 5.73 Å². The maximum atomic E-state index is 5.82. The van der Waals surface area contributed by atoms with E-state index in [0.29, 0.717) is 4.99 Å². The number of pyridine rings is 1. The normalized spacial score (nSPS) is 16.8. The van der Waals surface area contributed by atoms with Gasteiger partial charge in [-0.25, -0.2) is 0 Å². The van der Waals surface area contributed by atoms with Gasteiger partial charge in [0, 0.05) is 25.8 Å². The second-order valence-electron chi connectivity index (χ2n) is 4.12. The second-order valence-corrected chi connectivity index (χ2v) is 4.59. The van der Waals surface area contributed by atoms with E-state index in [-0.39, 0.29) is 30.7 Å². The summed E-state index contributed by atoms with van der Waals surface area (Å²) >= 11 is 5.15. The molecule has 4 nitrogen and oxygen atoms in total. The van der Waals surface area contributed by atoms with Crippen LogP contribution in [0.3, 0.4) is 0 Å². The van der Waals surface area contributed by atoms with Crippen LogP contribution in [0.2, 0.25) is 0 Å². The van der Waals surface area contributed by atoms with Gasteiger partial charge in [0.05, 0.1) is 29.8 Å². The summed E-state index contributed by atoms with van der Waals surface area (Å²) in [5.41, 5.74) is 6.77. The lowest BCUT2D eigenvalue weighted by Gasteiger charge is -2.29. The number of morpholine rings is 1. The summed E-state index contributed by atoms with van der Waals surface area (Å²) in [7, 11) is 0. The first-order valence-electron chi connectivity index (χ1n) is 5.77. The molecule has 1 aliphatic heterocycles. The van der Waals surface area contributed by atoms with Crippen molar-refractivity contribution in [1.29, 1.82) is 0 Å². The van der Waals surface area contributed by atoms with Crippen molar-refractivity contribution >= 4 is 42.0 Å². The Morgan fingerprint density at radius 3 is 2.58 bits per heavy atom. The third kappa shape index (κ3) is 5.58. The third-order valence-corrected chi connectivity index (χ3v) is 3.22. The first-order valence-corrected chi connectivity index (χ1v) is 6.18. The van der Waals surface area contributed by atoms with Gasteiger partial charge in [0.2, 0.25) is 0 Å². The largest absolute Gasteiger partial charge is 0.393 e. The predicted octanol–water partition coefficient (Wildman–Crippen LogP) is 1.63. The number of hydrogen-bond acceptors (Lipinski definition) is 4. The summed E-state index contributed by atoms with van der Waals surface area (Å²) < 4.78 is 5.33. The lowest BCUT2D eigenvalue weighted by Crippen LogP contribution is -2.41. The lowest BCUT2D eigenvalue weighted by molar-refractivity contribution is 0.0373. The Kier molecular flexibility index (Phi) is 9.22. The van der Waals surface area contributed by atoms with Crippen LogP contribution in [0.1, 0.15) is 11.6 Å². The van der Waals surface area contributed by atoms with Gasteiger partial charge in [0.1, 0.15) is 0 Å². The third-order valence-electron chi connectivity index (χ3n) is 2.93. The molecule has 1 atom stereocenters. The maximum absolute atomic E-state index is 5.82. The molecule has 108 valence electrons. The molecule has 1 aliphatic rings. The summed E-state index contributed by atoms with van der Waals surface area (Å²) in [6.07, 6.45) is 1.78. The van der Waals surface area contributed by atoms with E-state index in [9.17, 15) is 0 Å². The number of nitrogens with zero attached hydrogens (tertiary/aromatic N) is 2. The van der Waals surface area contributed by atoms with Crippen LogP contribution in [-0.4, -0.2) is 47.7 Å². The zero-order valence-electron chi connectivity index (χ0n) is 10.5. The van der Waals surface area contributed by atoms with Crippen molar-refractivity contribution in [3.8, 4) is 0 Å². The second kappa shape index (κ2) is 9.44. The molecule has 2 rings (SSSR count). The van der Waals surface area contributed by atoms with E-state index in [4.69, 9.17) is 22.7 Å². The van der Waals surface area contributed by atoms with E-state index in [1.165, 1.54) is 0 Å². The van der Waals surface area contributed by atoms with E-state index < -0.39 is 0 Å². The van der Waals surface area contributed by atoms with Gasteiger partial charge in [0.15, 0.2) is 0 Å². The average Bonchev–Trinajstić information content (AvgIpc) is 2.38. The smallest absolute Gasteiger partial charge is 0.0832 e. The Morgan fingerprint density at radius 1 is 1.37 bits per heavy atom. The molecule has 0 saturated carbocycles. The highest BCUT2D eigenvalue weighted by Crippen LogP contribution is 2.15. The molecule has 0 spiro atoms. The van der Waals surface area contributed by atoms with Gasteiger partial charge in [-0.3, -0.25) is 9.88 Å². The van der Waals surface area contributed by atoms with Crippen LogP contribution in [0.25, 0.3) is 0 Å². The predicted molar refractivity (Wildman–Crippen MR) is 85.5 cm³/mol. The molecular formula is C12H19Cl2N3OS. The molecule has 0 aromatic carbocycles. The van der Waals surface area contributed by atoms with Gasteiger partial charge in [-0.15, -0.1) is 24.8 Å². The van der Waals surface area contributed by atoms with Gasteiger partial charge in [-0.1, -0.05) is 18.3 Å². The summed E-state index contributed by atoms with van der Waals surface area (Å²) in [4.78, 5) is 7.17. The molecule has 0 bridgehead atoms. The van der Waals surface area contributed by atoms with E-state index in [2.05, 4.69) is 9.88 Å². The summed E-state index contributed by atoms with van der Waals surface area (Å²) in [5.74, 6) is 0.0318. The average molecular weight is 324 g/mol. The Hall–Kier alpha value is -0.460. The molecule has 2 N–H and O–H groups in total. The van der Waals surface area contributed by atoms with Crippen LogP contribution in [0.5, 0.6) is 0 Å². The maximum Gasteiger partial charge on any atom is 0.0832 e. The van der Waals surface area contributed by atoms with E-state index in [0.717, 1.165) is 38.5 Å². The Labute approximate surface area is 131 Å². The molecule has 2 heterocycles. The summed E-state index contributed by atoms with van der Waals surface area (Å²) in [5, 5.41) is 0. The van der Waals surface area contributed by atoms with Crippen LogP contribution in [0.15, 0.2) is 24.4 Å². The monoisotopic (exact) mass is 323 g/mol. The first kappa shape index (κ1) is 18.5. The molecule has 0 amide bonds. The zero-order chi connectivity index (χ0) is 12.1. The van der Waals surface area contributed by atoms with Gasteiger partial charge >= 0.3 is 0 Å². The van der Waals surface area contributed by atoms with Gasteiger partial charge in [0.25, 0.3) is 0 Å². The molecule has 1 aromatic rings. The molecule has 7 heteroatoms. The van der Waals surface area contributed by atoms with E-state index in [1.807, 2.05) is 18.2 Å². The molecule has 1 unspecified atom stereocenters. The van der Waals surface area contributed by atoms with Crippen molar-refractivity contribution in [1.82, 2.24) is 9.88 Å². The Balaban J connectivity index is 0.00000162. The van der Waals surface area contributed by atoms with Crippen molar-refractivity contribution in [3.63, 3.8) is 0 Å². The van der Waals surface area contributed by atoms with E-state index >= 15 is 0 Å². The SMILES string of the molecule is Cl.Cl.NC(=S)C(CN1CCOCC1)c1ccccn1. The van der Waals surface area contributed by atoms with Crippen LogP contribution >= 0.6 is 37.0 Å². The number of halogens is 2. The quantitative estimate of drug-likeness (QED) is 0.853. The van der Waals surface area contributed by atoms with Gasteiger partial charge < -0.3 is 10.5 Å². The van der Waals surface area contributed by atoms with Crippen LogP contribution in [-0.2, 0) is 4.74 Å². The van der Waals surface area contributed by atoms with Crippen LogP contribution in [0, 0.1) is 0 Å². The Morgan fingerprint density at radius 2 is 2.05 bits per heavy atom. The molecule has 0 radical (unpaired) electrons. The molecule has 1 aromatic heterocycles. The fourth-order valence-corrected chi connectivity index (χ4v) is 2.15. The zero-order valence-corrected chi connectivity index (χ0v) is 13.0. The number of nitrogens with two attached hydrogens (primary N) is 1. The summed E-state index contributed by atoms with van der Waals surface area (Å²) in [6, 6.07) is 5.84. The first-order chi connectivity index (χ1) is 8.27. The van der Waals surface area contributed by atoms with Crippen molar-refractivity contribution < 1.29 is 4.74 Å². The minimum atomic E-state index is 0. The number of hydrogen-bond donors (Lipinski definition) is 1. The van der Waals surface area contributed by atoms with Crippen molar-refractivity contribution in [2.75, 3.05) is 32.8 Å². The highest BCUT2D eigenvalue weighted by atomic mass is 35.5. The molecular weight excluding hydrogens is 305 g/mol. The highest BCUT2D eigenvalue weighted by Gasteiger charge is 2.21. The van der Waals surface area contributed by atoms with Crippen LogP contribution < -0.4 is 5.73 Å². The number of aromatic nitrogens is 1. The minimum Gasteiger partial charge on any atom is -0.393 e. The Bertz CT molecular complexity index is 374. The minimum absolute atomic E-state index is 0. The number of thiocarbonyl (C=S) groups is 1. The van der Waals surface area contributed by atoms with Crippen LogP contribution in [0.4, 0.5) is 0 Å². The standard InChI is InChI=1S/C12H17N3OS.2ClH/c13-12(17)10(11-3-1-2-4-14-11)9-15-5-7-16-8-6-15;;/h1-4,10H,5-9H2,(H2,13,17);2*1H. The summed E-state index contributed by atoms with van der Waals surface area (Å²) in [6.45, 7) is 4.27. The number of ether oxygens (including phenoxy) is 1. The molecule has 19 heavy (non-hydrogen) atoms. The molecule has 0 aliphatic carbocycles. The molecule has 1 saturated heterocycles.